The number of fused-ring (bicyclic) bond motifs is 1. The van der Waals surface area contributed by atoms with E-state index in [4.69, 9.17) is 9.47 Å². The molecule has 1 amide bonds. The summed E-state index contributed by atoms with van der Waals surface area (Å²) in [6.07, 6.45) is 4.78. The van der Waals surface area contributed by atoms with Gasteiger partial charge in [-0.05, 0) is 30.3 Å². The first kappa shape index (κ1) is 13.2. The molecule has 1 aromatic carbocycles. The molecule has 0 saturated carbocycles. The first-order valence-corrected chi connectivity index (χ1v) is 6.61. The third-order valence-corrected chi connectivity index (χ3v) is 2.90. The molecule has 1 aliphatic rings. The standard InChI is InChI=1S/C16H14N2O3/c19-16(7-5-12-3-1-2-8-17-12)18-13-4-6-14-15(11-13)21-10-9-20-14/h1-8,11H,9-10H2,(H,18,19)/b7-5+. The van der Waals surface area contributed by atoms with E-state index in [2.05, 4.69) is 10.3 Å². The van der Waals surface area contributed by atoms with E-state index in [0.717, 1.165) is 5.69 Å². The van der Waals surface area contributed by atoms with E-state index in [1.54, 1.807) is 30.5 Å². The number of rotatable bonds is 3. The smallest absolute Gasteiger partial charge is 0.248 e. The summed E-state index contributed by atoms with van der Waals surface area (Å²) in [6, 6.07) is 10.8. The lowest BCUT2D eigenvalue weighted by Gasteiger charge is -2.18. The van der Waals surface area contributed by atoms with Gasteiger partial charge in [-0.25, -0.2) is 0 Å². The van der Waals surface area contributed by atoms with Crippen molar-refractivity contribution in [2.45, 2.75) is 0 Å². The van der Waals surface area contributed by atoms with Crippen molar-refractivity contribution in [3.8, 4) is 11.5 Å². The lowest BCUT2D eigenvalue weighted by Crippen LogP contribution is -2.16. The zero-order chi connectivity index (χ0) is 14.5. The van der Waals surface area contributed by atoms with E-state index < -0.39 is 0 Å². The molecular formula is C16H14N2O3. The first-order valence-electron chi connectivity index (χ1n) is 6.61. The van der Waals surface area contributed by atoms with E-state index in [1.807, 2.05) is 18.2 Å². The van der Waals surface area contributed by atoms with Crippen LogP contribution in [0.2, 0.25) is 0 Å². The first-order chi connectivity index (χ1) is 10.3. The summed E-state index contributed by atoms with van der Waals surface area (Å²) in [5.41, 5.74) is 1.39. The van der Waals surface area contributed by atoms with Gasteiger partial charge in [0.15, 0.2) is 11.5 Å². The number of hydrogen-bond acceptors (Lipinski definition) is 4. The van der Waals surface area contributed by atoms with Gasteiger partial charge in [0.2, 0.25) is 5.91 Å². The number of carbonyl (C=O) groups excluding carboxylic acids is 1. The Hall–Kier alpha value is -2.82. The fraction of sp³-hybridized carbons (Fsp3) is 0.125. The summed E-state index contributed by atoms with van der Waals surface area (Å²) < 4.78 is 10.9. The highest BCUT2D eigenvalue weighted by atomic mass is 16.6. The third-order valence-electron chi connectivity index (χ3n) is 2.90. The molecule has 106 valence electrons. The Morgan fingerprint density at radius 3 is 2.81 bits per heavy atom. The maximum atomic E-state index is 11.9. The number of anilines is 1. The zero-order valence-electron chi connectivity index (χ0n) is 11.3. The van der Waals surface area contributed by atoms with E-state index in [1.165, 1.54) is 6.08 Å². The van der Waals surface area contributed by atoms with Gasteiger partial charge in [0, 0.05) is 24.0 Å². The third kappa shape index (κ3) is 3.39. The Balaban J connectivity index is 1.66. The molecule has 5 heteroatoms. The van der Waals surface area contributed by atoms with Crippen LogP contribution in [0.4, 0.5) is 5.69 Å². The number of pyridine rings is 1. The quantitative estimate of drug-likeness (QED) is 0.879. The average Bonchev–Trinajstić information content (AvgIpc) is 2.54. The monoisotopic (exact) mass is 282 g/mol. The van der Waals surface area contributed by atoms with Crippen LogP contribution in [-0.2, 0) is 4.79 Å². The highest BCUT2D eigenvalue weighted by Gasteiger charge is 2.12. The van der Waals surface area contributed by atoms with Gasteiger partial charge in [-0.3, -0.25) is 9.78 Å². The topological polar surface area (TPSA) is 60.5 Å². The van der Waals surface area contributed by atoms with Crippen molar-refractivity contribution in [1.82, 2.24) is 4.98 Å². The fourth-order valence-electron chi connectivity index (χ4n) is 1.94. The summed E-state index contributed by atoms with van der Waals surface area (Å²) in [7, 11) is 0. The molecular weight excluding hydrogens is 268 g/mol. The van der Waals surface area contributed by atoms with Gasteiger partial charge in [-0.15, -0.1) is 0 Å². The fourth-order valence-corrected chi connectivity index (χ4v) is 1.94. The molecule has 1 aromatic heterocycles. The molecule has 1 aliphatic heterocycles. The minimum absolute atomic E-state index is 0.225. The molecule has 0 bridgehead atoms. The Labute approximate surface area is 122 Å². The van der Waals surface area contributed by atoms with E-state index in [9.17, 15) is 4.79 Å². The van der Waals surface area contributed by atoms with Gasteiger partial charge in [0.05, 0.1) is 5.69 Å². The van der Waals surface area contributed by atoms with Crippen LogP contribution < -0.4 is 14.8 Å². The number of carbonyl (C=O) groups is 1. The maximum absolute atomic E-state index is 11.9. The summed E-state index contributed by atoms with van der Waals surface area (Å²) in [6.45, 7) is 1.06. The molecule has 5 nitrogen and oxygen atoms in total. The second-order valence-electron chi connectivity index (χ2n) is 4.44. The predicted molar refractivity (Wildman–Crippen MR) is 79.3 cm³/mol. The Bertz CT molecular complexity index is 668. The molecule has 3 rings (SSSR count). The van der Waals surface area contributed by atoms with Crippen molar-refractivity contribution in [3.05, 3.63) is 54.4 Å². The number of amides is 1. The SMILES string of the molecule is O=C(/C=C/c1ccccn1)Nc1ccc2c(c1)OCCO2. The van der Waals surface area contributed by atoms with Crippen LogP contribution in [0, 0.1) is 0 Å². The van der Waals surface area contributed by atoms with Gasteiger partial charge in [0.1, 0.15) is 13.2 Å². The normalized spacial score (nSPS) is 13.1. The van der Waals surface area contributed by atoms with Gasteiger partial charge in [0.25, 0.3) is 0 Å². The number of aromatic nitrogens is 1. The largest absolute Gasteiger partial charge is 0.486 e. The molecule has 2 aromatic rings. The molecule has 0 spiro atoms. The van der Waals surface area contributed by atoms with Gasteiger partial charge in [-0.2, -0.15) is 0 Å². The van der Waals surface area contributed by atoms with Gasteiger partial charge < -0.3 is 14.8 Å². The maximum Gasteiger partial charge on any atom is 0.248 e. The Morgan fingerprint density at radius 1 is 1.14 bits per heavy atom. The number of nitrogens with one attached hydrogen (secondary N) is 1. The molecule has 0 radical (unpaired) electrons. The van der Waals surface area contributed by atoms with Crippen molar-refractivity contribution in [2.75, 3.05) is 18.5 Å². The molecule has 0 atom stereocenters. The summed E-state index contributed by atoms with van der Waals surface area (Å²) in [4.78, 5) is 16.0. The van der Waals surface area contributed by atoms with E-state index in [0.29, 0.717) is 30.4 Å². The number of benzene rings is 1. The number of ether oxygens (including phenoxy) is 2. The highest BCUT2D eigenvalue weighted by molar-refractivity contribution is 6.01. The second-order valence-corrected chi connectivity index (χ2v) is 4.44. The van der Waals surface area contributed by atoms with E-state index in [-0.39, 0.29) is 5.91 Å². The average molecular weight is 282 g/mol. The molecule has 0 aliphatic carbocycles. The minimum Gasteiger partial charge on any atom is -0.486 e. The minimum atomic E-state index is -0.225. The lowest BCUT2D eigenvalue weighted by atomic mass is 10.2. The number of hydrogen-bond donors (Lipinski definition) is 1. The lowest BCUT2D eigenvalue weighted by molar-refractivity contribution is -0.111. The van der Waals surface area contributed by atoms with Crippen LogP contribution >= 0.6 is 0 Å². The zero-order valence-corrected chi connectivity index (χ0v) is 11.3. The van der Waals surface area contributed by atoms with Gasteiger partial charge >= 0.3 is 0 Å². The summed E-state index contributed by atoms with van der Waals surface area (Å²) in [5, 5.41) is 2.77. The van der Waals surface area contributed by atoms with Crippen LogP contribution in [0.25, 0.3) is 6.08 Å². The second kappa shape index (κ2) is 6.09. The van der Waals surface area contributed by atoms with Crippen LogP contribution in [0.1, 0.15) is 5.69 Å². The molecule has 2 heterocycles. The van der Waals surface area contributed by atoms with Crippen LogP contribution in [0.3, 0.4) is 0 Å². The van der Waals surface area contributed by atoms with Crippen LogP contribution in [0.5, 0.6) is 11.5 Å². The van der Waals surface area contributed by atoms with Crippen molar-refractivity contribution >= 4 is 17.7 Å². The molecule has 0 fully saturated rings. The summed E-state index contributed by atoms with van der Waals surface area (Å²) >= 11 is 0. The molecule has 0 saturated heterocycles. The molecule has 21 heavy (non-hydrogen) atoms. The number of nitrogens with zero attached hydrogens (tertiary/aromatic N) is 1. The molecule has 0 unspecified atom stereocenters. The molecule has 1 N–H and O–H groups in total. The van der Waals surface area contributed by atoms with Crippen LogP contribution in [-0.4, -0.2) is 24.1 Å². The van der Waals surface area contributed by atoms with Gasteiger partial charge in [-0.1, -0.05) is 6.07 Å². The van der Waals surface area contributed by atoms with Crippen molar-refractivity contribution in [1.29, 1.82) is 0 Å². The van der Waals surface area contributed by atoms with Crippen molar-refractivity contribution in [2.24, 2.45) is 0 Å². The highest BCUT2D eigenvalue weighted by Crippen LogP contribution is 2.32. The Morgan fingerprint density at radius 2 is 2.00 bits per heavy atom. The summed E-state index contributed by atoms with van der Waals surface area (Å²) in [5.74, 6) is 1.12. The van der Waals surface area contributed by atoms with Crippen molar-refractivity contribution in [3.63, 3.8) is 0 Å². The Kier molecular flexibility index (Phi) is 3.82. The van der Waals surface area contributed by atoms with Crippen LogP contribution in [0.15, 0.2) is 48.7 Å². The van der Waals surface area contributed by atoms with Crippen molar-refractivity contribution < 1.29 is 14.3 Å². The predicted octanol–water partition coefficient (Wildman–Crippen LogP) is 2.50. The van der Waals surface area contributed by atoms with E-state index >= 15 is 0 Å².